The first-order valence-corrected chi connectivity index (χ1v) is 8.54. The summed E-state index contributed by atoms with van der Waals surface area (Å²) in [6.07, 6.45) is 3.02. The highest BCUT2D eigenvalue weighted by Crippen LogP contribution is 2.24. The van der Waals surface area contributed by atoms with Crippen LogP contribution in [0.25, 0.3) is 23.3 Å². The third-order valence-corrected chi connectivity index (χ3v) is 4.03. The summed E-state index contributed by atoms with van der Waals surface area (Å²) in [7, 11) is 1.31. The minimum Gasteiger partial charge on any atom is -0.478 e. The average molecular weight is 374 g/mol. The van der Waals surface area contributed by atoms with Crippen LogP contribution in [-0.2, 0) is 14.3 Å². The molecule has 1 N–H and O–H groups in total. The number of methoxy groups -OCH3 is 1. The van der Waals surface area contributed by atoms with Crippen LogP contribution in [0.15, 0.2) is 77.2 Å². The maximum Gasteiger partial charge on any atom is 0.338 e. The molecule has 0 saturated heterocycles. The quantitative estimate of drug-likeness (QED) is 0.503. The summed E-state index contributed by atoms with van der Waals surface area (Å²) in [5.41, 5.74) is 1.72. The van der Waals surface area contributed by atoms with Gasteiger partial charge >= 0.3 is 11.9 Å². The van der Waals surface area contributed by atoms with Crippen molar-refractivity contribution in [1.82, 2.24) is 0 Å². The first kappa shape index (κ1) is 18.9. The molecule has 140 valence electrons. The van der Waals surface area contributed by atoms with Crippen molar-refractivity contribution in [2.24, 2.45) is 0 Å². The fourth-order valence-corrected chi connectivity index (χ4v) is 2.68. The molecule has 5 heteroatoms. The summed E-state index contributed by atoms with van der Waals surface area (Å²) in [5.74, 6) is -0.771. The van der Waals surface area contributed by atoms with Gasteiger partial charge in [0, 0.05) is 0 Å². The van der Waals surface area contributed by atoms with Gasteiger partial charge in [0.1, 0.15) is 11.5 Å². The Balaban J connectivity index is 1.97. The lowest BCUT2D eigenvalue weighted by Gasteiger charge is -2.05. The molecule has 0 radical (unpaired) electrons. The van der Waals surface area contributed by atoms with E-state index in [0.717, 1.165) is 0 Å². The maximum absolute atomic E-state index is 12.2. The topological polar surface area (TPSA) is 76.7 Å². The van der Waals surface area contributed by atoms with Gasteiger partial charge in [-0.25, -0.2) is 9.59 Å². The molecule has 0 aliphatic heterocycles. The minimum atomic E-state index is -1.06. The Hall–Kier alpha value is -3.86. The number of furan rings is 1. The third-order valence-electron chi connectivity index (χ3n) is 4.03. The SMILES string of the molecule is COC(=O)C(=Cc1ccc(C=C(C(=O)O)c2ccccc2)o1)c1ccccc1. The van der Waals surface area contributed by atoms with Crippen molar-refractivity contribution in [3.63, 3.8) is 0 Å². The molecule has 3 rings (SSSR count). The number of hydrogen-bond donors (Lipinski definition) is 1. The van der Waals surface area contributed by atoms with Crippen molar-refractivity contribution in [2.75, 3.05) is 7.11 Å². The summed E-state index contributed by atoms with van der Waals surface area (Å²) in [6.45, 7) is 0. The van der Waals surface area contributed by atoms with E-state index in [1.54, 1.807) is 54.6 Å². The van der Waals surface area contributed by atoms with Crippen molar-refractivity contribution >= 4 is 35.2 Å². The van der Waals surface area contributed by atoms with Crippen LogP contribution < -0.4 is 0 Å². The van der Waals surface area contributed by atoms with Gasteiger partial charge < -0.3 is 14.3 Å². The standard InChI is InChI=1S/C23H18O5/c1-27-23(26)21(17-10-6-3-7-11-17)15-19-13-12-18(28-19)14-20(22(24)25)16-8-4-2-5-9-16/h2-15H,1H3,(H,24,25). The van der Waals surface area contributed by atoms with Gasteiger partial charge in [0.2, 0.25) is 0 Å². The number of carbonyl (C=O) groups is 2. The number of benzene rings is 2. The lowest BCUT2D eigenvalue weighted by atomic mass is 10.1. The number of ether oxygens (including phenoxy) is 1. The molecule has 0 aliphatic carbocycles. The van der Waals surface area contributed by atoms with Crippen molar-refractivity contribution in [3.05, 3.63) is 95.4 Å². The van der Waals surface area contributed by atoms with E-state index < -0.39 is 11.9 Å². The zero-order valence-corrected chi connectivity index (χ0v) is 15.2. The van der Waals surface area contributed by atoms with Gasteiger partial charge in [-0.15, -0.1) is 0 Å². The van der Waals surface area contributed by atoms with E-state index >= 15 is 0 Å². The maximum atomic E-state index is 12.2. The molecule has 0 amide bonds. The second-order valence-electron chi connectivity index (χ2n) is 5.88. The fraction of sp³-hybridized carbons (Fsp3) is 0.0435. The van der Waals surface area contributed by atoms with E-state index in [1.807, 2.05) is 24.3 Å². The van der Waals surface area contributed by atoms with Crippen LogP contribution in [0, 0.1) is 0 Å². The van der Waals surface area contributed by atoms with Crippen LogP contribution in [0.5, 0.6) is 0 Å². The molecule has 0 spiro atoms. The summed E-state index contributed by atoms with van der Waals surface area (Å²) in [5, 5.41) is 9.51. The van der Waals surface area contributed by atoms with Crippen molar-refractivity contribution in [3.8, 4) is 0 Å². The molecule has 1 aromatic heterocycles. The van der Waals surface area contributed by atoms with E-state index in [-0.39, 0.29) is 5.57 Å². The molecule has 28 heavy (non-hydrogen) atoms. The van der Waals surface area contributed by atoms with Gasteiger partial charge in [-0.3, -0.25) is 0 Å². The first-order valence-electron chi connectivity index (χ1n) is 8.54. The summed E-state index contributed by atoms with van der Waals surface area (Å²) < 4.78 is 10.6. The van der Waals surface area contributed by atoms with E-state index in [0.29, 0.717) is 28.2 Å². The van der Waals surface area contributed by atoms with Crippen LogP contribution >= 0.6 is 0 Å². The zero-order chi connectivity index (χ0) is 19.9. The number of carboxylic acid groups (broad SMARTS) is 1. The second kappa shape index (κ2) is 8.68. The van der Waals surface area contributed by atoms with Gasteiger partial charge in [-0.2, -0.15) is 0 Å². The molecule has 3 aromatic rings. The third kappa shape index (κ3) is 4.45. The highest BCUT2D eigenvalue weighted by molar-refractivity contribution is 6.21. The number of rotatable bonds is 6. The van der Waals surface area contributed by atoms with E-state index in [1.165, 1.54) is 13.2 Å². The fourth-order valence-electron chi connectivity index (χ4n) is 2.68. The van der Waals surface area contributed by atoms with Gasteiger partial charge in [0.15, 0.2) is 0 Å². The second-order valence-corrected chi connectivity index (χ2v) is 5.88. The Labute approximate surface area is 162 Å². The van der Waals surface area contributed by atoms with E-state index in [9.17, 15) is 14.7 Å². The predicted octanol–water partition coefficient (Wildman–Crippen LogP) is 4.62. The van der Waals surface area contributed by atoms with Crippen molar-refractivity contribution < 1.29 is 23.8 Å². The van der Waals surface area contributed by atoms with E-state index in [4.69, 9.17) is 9.15 Å². The van der Waals surface area contributed by atoms with Crippen LogP contribution in [0.2, 0.25) is 0 Å². The van der Waals surface area contributed by atoms with E-state index in [2.05, 4.69) is 0 Å². The Morgan fingerprint density at radius 1 is 0.786 bits per heavy atom. The van der Waals surface area contributed by atoms with Gasteiger partial charge in [-0.05, 0) is 35.4 Å². The molecule has 0 bridgehead atoms. The molecule has 0 fully saturated rings. The van der Waals surface area contributed by atoms with Gasteiger partial charge in [0.25, 0.3) is 0 Å². The molecule has 5 nitrogen and oxygen atoms in total. The molecule has 1 heterocycles. The molecule has 2 aromatic carbocycles. The Morgan fingerprint density at radius 3 is 1.71 bits per heavy atom. The minimum absolute atomic E-state index is 0.113. The molecular formula is C23H18O5. The molecule has 0 unspecified atom stereocenters. The summed E-state index contributed by atoms with van der Waals surface area (Å²) in [4.78, 5) is 23.8. The lowest BCUT2D eigenvalue weighted by Crippen LogP contribution is -2.03. The Bertz CT molecular complexity index is 1030. The Kier molecular flexibility index (Phi) is 5.87. The normalized spacial score (nSPS) is 11.9. The average Bonchev–Trinajstić information content (AvgIpc) is 3.18. The highest BCUT2D eigenvalue weighted by atomic mass is 16.5. The van der Waals surface area contributed by atoms with Crippen LogP contribution in [-0.4, -0.2) is 24.2 Å². The number of hydrogen-bond acceptors (Lipinski definition) is 4. The van der Waals surface area contributed by atoms with Gasteiger partial charge in [-0.1, -0.05) is 60.7 Å². The molecular weight excluding hydrogens is 356 g/mol. The number of esters is 1. The Morgan fingerprint density at radius 2 is 1.25 bits per heavy atom. The summed E-state index contributed by atoms with van der Waals surface area (Å²) >= 11 is 0. The smallest absolute Gasteiger partial charge is 0.338 e. The largest absolute Gasteiger partial charge is 0.478 e. The van der Waals surface area contributed by atoms with Gasteiger partial charge in [0.05, 0.1) is 18.3 Å². The molecule has 0 aliphatic rings. The first-order chi connectivity index (χ1) is 13.6. The van der Waals surface area contributed by atoms with Crippen LogP contribution in [0.4, 0.5) is 0 Å². The van der Waals surface area contributed by atoms with Crippen LogP contribution in [0.3, 0.4) is 0 Å². The van der Waals surface area contributed by atoms with Crippen molar-refractivity contribution in [2.45, 2.75) is 0 Å². The van der Waals surface area contributed by atoms with Crippen LogP contribution in [0.1, 0.15) is 22.6 Å². The van der Waals surface area contributed by atoms with Crippen molar-refractivity contribution in [1.29, 1.82) is 0 Å². The predicted molar refractivity (Wildman–Crippen MR) is 107 cm³/mol. The summed E-state index contributed by atoms with van der Waals surface area (Å²) in [6, 6.07) is 21.2. The monoisotopic (exact) mass is 374 g/mol. The number of carbonyl (C=O) groups excluding carboxylic acids is 1. The molecule has 0 saturated carbocycles. The number of aliphatic carboxylic acids is 1. The molecule has 0 atom stereocenters. The highest BCUT2D eigenvalue weighted by Gasteiger charge is 2.14. The zero-order valence-electron chi connectivity index (χ0n) is 15.2. The lowest BCUT2D eigenvalue weighted by molar-refractivity contribution is -0.133. The number of carboxylic acids is 1.